The van der Waals surface area contributed by atoms with E-state index in [1.807, 2.05) is 4.72 Å². The Kier molecular flexibility index (Phi) is 3.47. The molecule has 6 heteroatoms. The standard InChI is InChI=1S/C11H15F2NO2S/c1-11(2,3)9-7(12)5-6-8(10(9)13)14-17(4,15)16/h5-6,14H,1-4H3. The molecule has 1 N–H and O–H groups in total. The molecule has 17 heavy (non-hydrogen) atoms. The summed E-state index contributed by atoms with van der Waals surface area (Å²) in [5, 5.41) is 0. The molecule has 0 aliphatic heterocycles. The van der Waals surface area contributed by atoms with Gasteiger partial charge < -0.3 is 0 Å². The van der Waals surface area contributed by atoms with Crippen LogP contribution in [0.1, 0.15) is 26.3 Å². The third-order valence-electron chi connectivity index (χ3n) is 2.14. The minimum Gasteiger partial charge on any atom is -0.281 e. The Hall–Kier alpha value is -1.17. The number of hydrogen-bond acceptors (Lipinski definition) is 2. The molecule has 0 atom stereocenters. The van der Waals surface area contributed by atoms with E-state index in [0.29, 0.717) is 0 Å². The van der Waals surface area contributed by atoms with Crippen LogP contribution in [0.5, 0.6) is 0 Å². The molecule has 0 bridgehead atoms. The largest absolute Gasteiger partial charge is 0.281 e. The molecule has 0 aromatic heterocycles. The first-order valence-electron chi connectivity index (χ1n) is 4.98. The minimum absolute atomic E-state index is 0.133. The van der Waals surface area contributed by atoms with Crippen LogP contribution in [0.4, 0.5) is 14.5 Å². The summed E-state index contributed by atoms with van der Waals surface area (Å²) in [6, 6.07) is 2.12. The molecule has 1 aromatic rings. The Morgan fingerprint density at radius 1 is 1.18 bits per heavy atom. The van der Waals surface area contributed by atoms with Crippen molar-refractivity contribution < 1.29 is 17.2 Å². The summed E-state index contributed by atoms with van der Waals surface area (Å²) in [6.45, 7) is 4.95. The van der Waals surface area contributed by atoms with E-state index >= 15 is 0 Å². The van der Waals surface area contributed by atoms with E-state index in [1.165, 1.54) is 0 Å². The second kappa shape index (κ2) is 4.25. The molecule has 0 fully saturated rings. The Morgan fingerprint density at radius 2 is 1.71 bits per heavy atom. The van der Waals surface area contributed by atoms with Gasteiger partial charge in [0.25, 0.3) is 0 Å². The first kappa shape index (κ1) is 13.9. The van der Waals surface area contributed by atoms with Crippen LogP contribution in [0.25, 0.3) is 0 Å². The fourth-order valence-electron chi connectivity index (χ4n) is 1.52. The van der Waals surface area contributed by atoms with Crippen LogP contribution < -0.4 is 4.72 Å². The molecule has 0 saturated carbocycles. The highest BCUT2D eigenvalue weighted by atomic mass is 32.2. The van der Waals surface area contributed by atoms with E-state index in [-0.39, 0.29) is 11.3 Å². The molecule has 0 unspecified atom stereocenters. The maximum Gasteiger partial charge on any atom is 0.229 e. The lowest BCUT2D eigenvalue weighted by molar-refractivity contribution is 0.477. The summed E-state index contributed by atoms with van der Waals surface area (Å²) < 4.78 is 51.6. The summed E-state index contributed by atoms with van der Waals surface area (Å²) in [7, 11) is -3.59. The molecule has 0 aliphatic carbocycles. The van der Waals surface area contributed by atoms with Crippen LogP contribution in [0.2, 0.25) is 0 Å². The van der Waals surface area contributed by atoms with Gasteiger partial charge in [-0.15, -0.1) is 0 Å². The smallest absolute Gasteiger partial charge is 0.229 e. The molecule has 0 radical (unpaired) electrons. The van der Waals surface area contributed by atoms with Gasteiger partial charge in [0.05, 0.1) is 11.9 Å². The van der Waals surface area contributed by atoms with Gasteiger partial charge in [0, 0.05) is 5.56 Å². The molecule has 0 amide bonds. The lowest BCUT2D eigenvalue weighted by Gasteiger charge is -2.22. The van der Waals surface area contributed by atoms with Gasteiger partial charge in [0.2, 0.25) is 10.0 Å². The zero-order valence-corrected chi connectivity index (χ0v) is 11.0. The summed E-state index contributed by atoms with van der Waals surface area (Å²) in [6.07, 6.45) is 0.909. The van der Waals surface area contributed by atoms with Crippen molar-refractivity contribution in [2.75, 3.05) is 11.0 Å². The lowest BCUT2D eigenvalue weighted by atomic mass is 9.86. The summed E-state index contributed by atoms with van der Waals surface area (Å²) in [4.78, 5) is 0. The molecular weight excluding hydrogens is 248 g/mol. The zero-order chi connectivity index (χ0) is 13.4. The van der Waals surface area contributed by atoms with Crippen molar-refractivity contribution in [3.05, 3.63) is 29.3 Å². The van der Waals surface area contributed by atoms with Crippen LogP contribution in [0.3, 0.4) is 0 Å². The van der Waals surface area contributed by atoms with Crippen molar-refractivity contribution in [2.45, 2.75) is 26.2 Å². The highest BCUT2D eigenvalue weighted by Crippen LogP contribution is 2.31. The van der Waals surface area contributed by atoms with Gasteiger partial charge in [-0.3, -0.25) is 4.72 Å². The molecule has 1 rings (SSSR count). The van der Waals surface area contributed by atoms with E-state index in [0.717, 1.165) is 18.4 Å². The Morgan fingerprint density at radius 3 is 2.12 bits per heavy atom. The number of sulfonamides is 1. The third kappa shape index (κ3) is 3.39. The average molecular weight is 263 g/mol. The molecule has 0 heterocycles. The SMILES string of the molecule is CC(C)(C)c1c(F)ccc(NS(C)(=O)=O)c1F. The molecule has 1 aromatic carbocycles. The lowest BCUT2D eigenvalue weighted by Crippen LogP contribution is -2.19. The maximum absolute atomic E-state index is 14.0. The minimum atomic E-state index is -3.59. The fraction of sp³-hybridized carbons (Fsp3) is 0.455. The fourth-order valence-corrected chi connectivity index (χ4v) is 2.08. The van der Waals surface area contributed by atoms with Crippen LogP contribution in [-0.4, -0.2) is 14.7 Å². The zero-order valence-electron chi connectivity index (χ0n) is 10.1. The van der Waals surface area contributed by atoms with Crippen molar-refractivity contribution in [3.8, 4) is 0 Å². The Balaban J connectivity index is 3.39. The predicted octanol–water partition coefficient (Wildman–Crippen LogP) is 2.63. The number of hydrogen-bond donors (Lipinski definition) is 1. The van der Waals surface area contributed by atoms with Gasteiger partial charge >= 0.3 is 0 Å². The summed E-state index contributed by atoms with van der Waals surface area (Å²) in [5.74, 6) is -1.56. The van der Waals surface area contributed by atoms with E-state index in [2.05, 4.69) is 0 Å². The van der Waals surface area contributed by atoms with Crippen molar-refractivity contribution in [1.82, 2.24) is 0 Å². The van der Waals surface area contributed by atoms with E-state index in [9.17, 15) is 17.2 Å². The van der Waals surface area contributed by atoms with Crippen LogP contribution in [0, 0.1) is 11.6 Å². The van der Waals surface area contributed by atoms with Crippen molar-refractivity contribution >= 4 is 15.7 Å². The number of rotatable bonds is 2. The Bertz CT molecular complexity index is 533. The van der Waals surface area contributed by atoms with E-state index in [1.54, 1.807) is 20.8 Å². The molecule has 0 spiro atoms. The number of nitrogens with one attached hydrogen (secondary N) is 1. The summed E-state index contributed by atoms with van der Waals surface area (Å²) >= 11 is 0. The van der Waals surface area contributed by atoms with Gasteiger partial charge in [-0.1, -0.05) is 20.8 Å². The average Bonchev–Trinajstić information content (AvgIpc) is 2.06. The first-order chi connectivity index (χ1) is 7.52. The third-order valence-corrected chi connectivity index (χ3v) is 2.73. The number of benzene rings is 1. The number of halogens is 2. The van der Waals surface area contributed by atoms with Gasteiger partial charge in [-0.05, 0) is 17.5 Å². The van der Waals surface area contributed by atoms with E-state index in [4.69, 9.17) is 0 Å². The van der Waals surface area contributed by atoms with Gasteiger partial charge in [0.1, 0.15) is 5.82 Å². The van der Waals surface area contributed by atoms with Crippen LogP contribution >= 0.6 is 0 Å². The molecular formula is C11H15F2NO2S. The molecule has 96 valence electrons. The van der Waals surface area contributed by atoms with Gasteiger partial charge in [-0.25, -0.2) is 17.2 Å². The molecule has 0 aliphatic rings. The second-order valence-electron chi connectivity index (χ2n) is 4.91. The van der Waals surface area contributed by atoms with E-state index < -0.39 is 27.1 Å². The molecule has 3 nitrogen and oxygen atoms in total. The summed E-state index contributed by atoms with van der Waals surface area (Å²) in [5.41, 5.74) is -1.12. The van der Waals surface area contributed by atoms with Crippen LogP contribution in [-0.2, 0) is 15.4 Å². The second-order valence-corrected chi connectivity index (χ2v) is 6.66. The number of anilines is 1. The highest BCUT2D eigenvalue weighted by molar-refractivity contribution is 7.92. The van der Waals surface area contributed by atoms with Crippen LogP contribution in [0.15, 0.2) is 12.1 Å². The monoisotopic (exact) mass is 263 g/mol. The van der Waals surface area contributed by atoms with Crippen molar-refractivity contribution in [3.63, 3.8) is 0 Å². The first-order valence-corrected chi connectivity index (χ1v) is 6.88. The maximum atomic E-state index is 14.0. The van der Waals surface area contributed by atoms with Gasteiger partial charge in [0.15, 0.2) is 5.82 Å². The van der Waals surface area contributed by atoms with Crippen molar-refractivity contribution in [1.29, 1.82) is 0 Å². The van der Waals surface area contributed by atoms with Gasteiger partial charge in [-0.2, -0.15) is 0 Å². The Labute approximate surface area is 99.9 Å². The molecule has 0 saturated heterocycles. The predicted molar refractivity (Wildman–Crippen MR) is 63.5 cm³/mol. The van der Waals surface area contributed by atoms with Crippen molar-refractivity contribution in [2.24, 2.45) is 0 Å². The topological polar surface area (TPSA) is 46.2 Å². The quantitative estimate of drug-likeness (QED) is 0.891. The highest BCUT2D eigenvalue weighted by Gasteiger charge is 2.25. The normalized spacial score (nSPS) is 12.6.